The summed E-state index contributed by atoms with van der Waals surface area (Å²) in [5.41, 5.74) is 3.89. The van der Waals surface area contributed by atoms with Gasteiger partial charge in [0.2, 0.25) is 0 Å². The second-order valence-electron chi connectivity index (χ2n) is 7.60. The molecule has 0 unspecified atom stereocenters. The molecule has 0 radical (unpaired) electrons. The normalized spacial score (nSPS) is 12.2. The molecule has 0 spiro atoms. The monoisotopic (exact) mass is 422 g/mol. The Morgan fingerprint density at radius 3 is 2.20 bits per heavy atom. The molecule has 3 aromatic rings. The molecule has 3 rings (SSSR count). The van der Waals surface area contributed by atoms with E-state index in [0.29, 0.717) is 16.8 Å². The van der Waals surface area contributed by atoms with Crippen LogP contribution in [0.4, 0.5) is 5.69 Å². The van der Waals surface area contributed by atoms with E-state index >= 15 is 0 Å². The van der Waals surface area contributed by atoms with Gasteiger partial charge in [-0.05, 0) is 55.2 Å². The van der Waals surface area contributed by atoms with E-state index in [1.165, 1.54) is 0 Å². The molecule has 0 heterocycles. The van der Waals surface area contributed by atoms with Crippen molar-refractivity contribution < 1.29 is 13.5 Å². The van der Waals surface area contributed by atoms with Crippen LogP contribution in [0.2, 0.25) is 0 Å². The number of nitrogens with zero attached hydrogens (tertiary/aromatic N) is 1. The van der Waals surface area contributed by atoms with Crippen molar-refractivity contribution in [3.05, 3.63) is 89.0 Å². The van der Waals surface area contributed by atoms with Crippen molar-refractivity contribution in [1.82, 2.24) is 0 Å². The third kappa shape index (κ3) is 4.89. The second-order valence-corrected chi connectivity index (χ2v) is 9.20. The van der Waals surface area contributed by atoms with E-state index < -0.39 is 10.0 Å². The lowest BCUT2D eigenvalue weighted by atomic mass is 9.98. The van der Waals surface area contributed by atoms with Gasteiger partial charge in [0.05, 0.1) is 4.90 Å². The third-order valence-electron chi connectivity index (χ3n) is 4.82. The van der Waals surface area contributed by atoms with E-state index in [2.05, 4.69) is 9.71 Å². The molecule has 0 aromatic heterocycles. The molecule has 156 valence electrons. The molecule has 2 N–H and O–H groups in total. The summed E-state index contributed by atoms with van der Waals surface area (Å²) in [4.78, 5) is 0.134. The standard InChI is InChI=1S/C24H26N2O3S/c1-16(2)21-15-23(27)18(4)14-22(21)25-24(19-8-6-5-7-9-19)26-30(28,29)20-12-10-17(3)11-13-20/h5-16,27H,1-4H3,(H,25,26). The van der Waals surface area contributed by atoms with Gasteiger partial charge in [-0.1, -0.05) is 61.9 Å². The highest BCUT2D eigenvalue weighted by Crippen LogP contribution is 2.31. The molecular weight excluding hydrogens is 396 g/mol. The summed E-state index contributed by atoms with van der Waals surface area (Å²) in [6.45, 7) is 7.72. The van der Waals surface area contributed by atoms with E-state index in [1.54, 1.807) is 49.4 Å². The predicted molar refractivity (Wildman–Crippen MR) is 122 cm³/mol. The van der Waals surface area contributed by atoms with Gasteiger partial charge in [-0.15, -0.1) is 4.40 Å². The summed E-state index contributed by atoms with van der Waals surface area (Å²) in [7, 11) is -3.92. The molecule has 0 aliphatic heterocycles. The number of nitrogens with one attached hydrogen (secondary N) is 1. The van der Waals surface area contributed by atoms with Crippen LogP contribution in [0.3, 0.4) is 0 Å². The Kier molecular flexibility index (Phi) is 6.27. The number of hydrogen-bond acceptors (Lipinski definition) is 3. The number of hydrogen-bond donors (Lipinski definition) is 2. The fourth-order valence-corrected chi connectivity index (χ4v) is 4.03. The number of phenolic OH excluding ortho intramolecular Hbond substituents is 1. The molecule has 0 atom stereocenters. The molecule has 30 heavy (non-hydrogen) atoms. The van der Waals surface area contributed by atoms with Crippen molar-refractivity contribution in [1.29, 1.82) is 0 Å². The van der Waals surface area contributed by atoms with Gasteiger partial charge in [-0.25, -0.2) is 0 Å². The molecular formula is C24H26N2O3S. The van der Waals surface area contributed by atoms with E-state index in [-0.39, 0.29) is 22.4 Å². The van der Waals surface area contributed by atoms with Gasteiger partial charge in [0.1, 0.15) is 5.75 Å². The molecule has 6 heteroatoms. The van der Waals surface area contributed by atoms with Crippen LogP contribution in [-0.2, 0) is 10.0 Å². The van der Waals surface area contributed by atoms with Crippen LogP contribution in [-0.4, -0.2) is 19.4 Å². The second kappa shape index (κ2) is 8.71. The molecule has 0 bridgehead atoms. The maximum Gasteiger partial charge on any atom is 0.284 e. The van der Waals surface area contributed by atoms with Gasteiger partial charge in [-0.3, -0.25) is 0 Å². The highest BCUT2D eigenvalue weighted by molar-refractivity contribution is 7.90. The van der Waals surface area contributed by atoms with Gasteiger partial charge in [0, 0.05) is 11.3 Å². The zero-order valence-corrected chi connectivity index (χ0v) is 18.4. The topological polar surface area (TPSA) is 78.8 Å². The lowest BCUT2D eigenvalue weighted by molar-refractivity contribution is 0.470. The Bertz CT molecular complexity index is 1170. The molecule has 0 aliphatic carbocycles. The molecule has 0 saturated heterocycles. The van der Waals surface area contributed by atoms with Crippen molar-refractivity contribution >= 4 is 21.5 Å². The van der Waals surface area contributed by atoms with Crippen molar-refractivity contribution in [2.75, 3.05) is 5.32 Å². The largest absolute Gasteiger partial charge is 0.508 e. The molecule has 0 amide bonds. The minimum absolute atomic E-state index is 0.115. The zero-order chi connectivity index (χ0) is 21.9. The Labute approximate surface area is 178 Å². The first-order valence-electron chi connectivity index (χ1n) is 9.75. The Morgan fingerprint density at radius 2 is 1.60 bits per heavy atom. The number of aryl methyl sites for hydroxylation is 2. The van der Waals surface area contributed by atoms with Gasteiger partial charge >= 0.3 is 0 Å². The van der Waals surface area contributed by atoms with Crippen molar-refractivity contribution in [3.63, 3.8) is 0 Å². The average Bonchev–Trinajstić information content (AvgIpc) is 2.70. The van der Waals surface area contributed by atoms with Crippen LogP contribution in [0.5, 0.6) is 5.75 Å². The van der Waals surface area contributed by atoms with Crippen LogP contribution in [0.1, 0.15) is 42.0 Å². The number of sulfonamides is 1. The van der Waals surface area contributed by atoms with Gasteiger partial charge in [0.25, 0.3) is 10.0 Å². The first-order valence-corrected chi connectivity index (χ1v) is 11.2. The number of amidine groups is 1. The minimum Gasteiger partial charge on any atom is -0.508 e. The number of benzene rings is 3. The van der Waals surface area contributed by atoms with Crippen LogP contribution in [0.15, 0.2) is 76.0 Å². The number of anilines is 1. The summed E-state index contributed by atoms with van der Waals surface area (Å²) < 4.78 is 30.1. The predicted octanol–water partition coefficient (Wildman–Crippen LogP) is 5.38. The van der Waals surface area contributed by atoms with Crippen molar-refractivity contribution in [2.24, 2.45) is 4.40 Å². The molecule has 3 aromatic carbocycles. The van der Waals surface area contributed by atoms with Crippen LogP contribution >= 0.6 is 0 Å². The van der Waals surface area contributed by atoms with Gasteiger partial charge in [-0.2, -0.15) is 8.42 Å². The Morgan fingerprint density at radius 1 is 0.967 bits per heavy atom. The van der Waals surface area contributed by atoms with Crippen molar-refractivity contribution in [3.8, 4) is 5.75 Å². The van der Waals surface area contributed by atoms with Gasteiger partial charge < -0.3 is 10.4 Å². The first kappa shape index (κ1) is 21.6. The van der Waals surface area contributed by atoms with Gasteiger partial charge in [0.15, 0.2) is 5.84 Å². The Hall–Kier alpha value is -3.12. The minimum atomic E-state index is -3.92. The molecule has 0 saturated carbocycles. The smallest absolute Gasteiger partial charge is 0.284 e. The third-order valence-corrected chi connectivity index (χ3v) is 6.11. The van der Waals surface area contributed by atoms with Crippen LogP contribution in [0, 0.1) is 13.8 Å². The average molecular weight is 423 g/mol. The van der Waals surface area contributed by atoms with E-state index in [4.69, 9.17) is 0 Å². The summed E-state index contributed by atoms with van der Waals surface area (Å²) >= 11 is 0. The molecule has 0 aliphatic rings. The Balaban J connectivity index is 2.13. The fourth-order valence-electron chi connectivity index (χ4n) is 3.05. The lowest BCUT2D eigenvalue weighted by Gasteiger charge is -2.18. The summed E-state index contributed by atoms with van der Waals surface area (Å²) in [5.74, 6) is 0.544. The molecule has 0 fully saturated rings. The zero-order valence-electron chi connectivity index (χ0n) is 17.5. The van der Waals surface area contributed by atoms with E-state index in [0.717, 1.165) is 11.1 Å². The number of aromatic hydroxyl groups is 1. The fraction of sp³-hybridized carbons (Fsp3) is 0.208. The highest BCUT2D eigenvalue weighted by Gasteiger charge is 2.18. The summed E-state index contributed by atoms with van der Waals surface area (Å²) in [6.07, 6.45) is 0. The summed E-state index contributed by atoms with van der Waals surface area (Å²) in [5, 5.41) is 13.3. The first-order chi connectivity index (χ1) is 14.2. The number of rotatable bonds is 5. The number of phenols is 1. The highest BCUT2D eigenvalue weighted by atomic mass is 32.2. The van der Waals surface area contributed by atoms with Crippen LogP contribution < -0.4 is 5.32 Å². The quantitative estimate of drug-likeness (QED) is 0.329. The summed E-state index contributed by atoms with van der Waals surface area (Å²) in [6, 6.07) is 19.3. The molecule has 5 nitrogen and oxygen atoms in total. The maximum absolute atomic E-state index is 13.0. The SMILES string of the molecule is Cc1ccc(S(=O)(=O)/N=C(\Nc2cc(C)c(O)cc2C(C)C)c2ccccc2)cc1. The maximum atomic E-state index is 13.0. The van der Waals surface area contributed by atoms with Crippen LogP contribution in [0.25, 0.3) is 0 Å². The van der Waals surface area contributed by atoms with E-state index in [9.17, 15) is 13.5 Å². The van der Waals surface area contributed by atoms with E-state index in [1.807, 2.05) is 45.0 Å². The lowest BCUT2D eigenvalue weighted by Crippen LogP contribution is -2.18. The van der Waals surface area contributed by atoms with Crippen molar-refractivity contribution in [2.45, 2.75) is 38.5 Å².